The first kappa shape index (κ1) is 21.2. The van der Waals surface area contributed by atoms with E-state index in [1.54, 1.807) is 0 Å². The van der Waals surface area contributed by atoms with Gasteiger partial charge in [0.25, 0.3) is 0 Å². The number of fused-ring (bicyclic) bond motifs is 5. The molecule has 0 aromatic carbocycles. The molecule has 1 saturated carbocycles. The minimum atomic E-state index is -0.805. The first-order valence-corrected chi connectivity index (χ1v) is 13.1. The molecule has 5 nitrogen and oxygen atoms in total. The standard InChI is InChI=1S/C24H31N3O2S2/c1-25(2)9-10-26-11-12-27-18-14-19(24(28)29)31-23(18)20(16-6-4-3-5-7-16)21(27)22-17(15-26)8-13-30-22/h8,13-14,16H,3-7,9-12,15H2,1-2H3,(H,28,29). The van der Waals surface area contributed by atoms with Gasteiger partial charge < -0.3 is 14.6 Å². The molecule has 3 aromatic rings. The van der Waals surface area contributed by atoms with Crippen LogP contribution >= 0.6 is 22.7 Å². The van der Waals surface area contributed by atoms with Gasteiger partial charge in [0.05, 0.1) is 20.8 Å². The second-order valence-corrected chi connectivity index (χ2v) is 11.2. The van der Waals surface area contributed by atoms with Crippen LogP contribution in [0.5, 0.6) is 0 Å². The van der Waals surface area contributed by atoms with E-state index < -0.39 is 5.97 Å². The number of carboxylic acids is 1. The molecule has 0 unspecified atom stereocenters. The molecule has 1 aliphatic carbocycles. The SMILES string of the molecule is CN(C)CCN1CCn2c(c(C3CCCCC3)c3sc(C(=O)O)cc32)-c2sccc2C1. The van der Waals surface area contributed by atoms with Crippen molar-refractivity contribution in [2.45, 2.75) is 51.1 Å². The predicted octanol–water partition coefficient (Wildman–Crippen LogP) is 5.55. The van der Waals surface area contributed by atoms with Crippen molar-refractivity contribution in [2.24, 2.45) is 0 Å². The number of thiophene rings is 2. The number of rotatable bonds is 5. The Kier molecular flexibility index (Phi) is 5.94. The number of aromatic carboxylic acids is 1. The lowest BCUT2D eigenvalue weighted by Crippen LogP contribution is -2.34. The molecule has 1 fully saturated rings. The van der Waals surface area contributed by atoms with Crippen molar-refractivity contribution in [3.63, 3.8) is 0 Å². The molecule has 4 heterocycles. The van der Waals surface area contributed by atoms with Gasteiger partial charge in [0.2, 0.25) is 0 Å². The summed E-state index contributed by atoms with van der Waals surface area (Å²) in [7, 11) is 4.26. The predicted molar refractivity (Wildman–Crippen MR) is 130 cm³/mol. The van der Waals surface area contributed by atoms with Crippen LogP contribution in [0.2, 0.25) is 0 Å². The van der Waals surface area contributed by atoms with E-state index >= 15 is 0 Å². The van der Waals surface area contributed by atoms with Crippen LogP contribution in [-0.4, -0.2) is 59.2 Å². The Morgan fingerprint density at radius 2 is 2.03 bits per heavy atom. The highest BCUT2D eigenvalue weighted by Gasteiger charge is 2.31. The molecule has 7 heteroatoms. The summed E-state index contributed by atoms with van der Waals surface area (Å²) in [5.41, 5.74) is 5.39. The zero-order valence-electron chi connectivity index (χ0n) is 18.4. The molecule has 0 radical (unpaired) electrons. The Bertz CT molecular complexity index is 1090. The Morgan fingerprint density at radius 1 is 1.23 bits per heavy atom. The van der Waals surface area contributed by atoms with Crippen molar-refractivity contribution in [2.75, 3.05) is 33.7 Å². The molecule has 0 atom stereocenters. The fourth-order valence-corrected chi connectivity index (χ4v) is 7.37. The van der Waals surface area contributed by atoms with E-state index in [0.29, 0.717) is 10.8 Å². The van der Waals surface area contributed by atoms with Crippen molar-refractivity contribution < 1.29 is 9.90 Å². The van der Waals surface area contributed by atoms with Gasteiger partial charge >= 0.3 is 5.97 Å². The summed E-state index contributed by atoms with van der Waals surface area (Å²) in [6.45, 7) is 4.99. The summed E-state index contributed by atoms with van der Waals surface area (Å²) >= 11 is 3.34. The van der Waals surface area contributed by atoms with Crippen LogP contribution in [0, 0.1) is 0 Å². The van der Waals surface area contributed by atoms with Gasteiger partial charge in [0.1, 0.15) is 4.88 Å². The minimum absolute atomic E-state index is 0.468. The lowest BCUT2D eigenvalue weighted by atomic mass is 9.83. The number of aromatic nitrogens is 1. The molecular formula is C24H31N3O2S2. The van der Waals surface area contributed by atoms with Crippen LogP contribution in [0.4, 0.5) is 0 Å². The fourth-order valence-electron chi connectivity index (χ4n) is 5.26. The molecule has 0 bridgehead atoms. The van der Waals surface area contributed by atoms with Crippen LogP contribution < -0.4 is 0 Å². The normalized spacial score (nSPS) is 18.2. The van der Waals surface area contributed by atoms with Gasteiger partial charge in [-0.15, -0.1) is 22.7 Å². The van der Waals surface area contributed by atoms with E-state index in [2.05, 4.69) is 39.9 Å². The summed E-state index contributed by atoms with van der Waals surface area (Å²) in [5, 5.41) is 11.9. The highest BCUT2D eigenvalue weighted by Crippen LogP contribution is 2.49. The second kappa shape index (κ2) is 8.70. The molecule has 3 aromatic heterocycles. The van der Waals surface area contributed by atoms with E-state index in [9.17, 15) is 9.90 Å². The quantitative estimate of drug-likeness (QED) is 0.545. The Labute approximate surface area is 191 Å². The van der Waals surface area contributed by atoms with Crippen molar-refractivity contribution in [3.05, 3.63) is 33.5 Å². The zero-order chi connectivity index (χ0) is 21.5. The average Bonchev–Trinajstić information content (AvgIpc) is 3.43. The highest BCUT2D eigenvalue weighted by molar-refractivity contribution is 7.21. The summed E-state index contributed by atoms with van der Waals surface area (Å²) in [5.74, 6) is -0.257. The maximum absolute atomic E-state index is 11.8. The number of carbonyl (C=O) groups is 1. The largest absolute Gasteiger partial charge is 0.477 e. The Balaban J connectivity index is 1.66. The Morgan fingerprint density at radius 3 is 2.77 bits per heavy atom. The monoisotopic (exact) mass is 457 g/mol. The zero-order valence-corrected chi connectivity index (χ0v) is 20.0. The summed E-state index contributed by atoms with van der Waals surface area (Å²) in [6, 6.07) is 4.23. The number of hydrogen-bond donors (Lipinski definition) is 1. The van der Waals surface area contributed by atoms with Gasteiger partial charge in [-0.05, 0) is 61.5 Å². The molecule has 5 rings (SSSR count). The van der Waals surface area contributed by atoms with Crippen molar-refractivity contribution in [1.29, 1.82) is 0 Å². The summed E-state index contributed by atoms with van der Waals surface area (Å²) in [6.07, 6.45) is 6.34. The van der Waals surface area contributed by atoms with E-state index in [0.717, 1.165) is 38.2 Å². The first-order valence-electron chi connectivity index (χ1n) is 11.4. The first-order chi connectivity index (χ1) is 15.0. The average molecular weight is 458 g/mol. The minimum Gasteiger partial charge on any atom is -0.477 e. The van der Waals surface area contributed by atoms with E-state index in [4.69, 9.17) is 0 Å². The molecule has 1 aliphatic heterocycles. The molecular weight excluding hydrogens is 426 g/mol. The van der Waals surface area contributed by atoms with Gasteiger partial charge in [0.15, 0.2) is 0 Å². The molecule has 0 amide bonds. The van der Waals surface area contributed by atoms with Crippen LogP contribution in [0.3, 0.4) is 0 Å². The third-order valence-corrected chi connectivity index (χ3v) is 8.97. The third kappa shape index (κ3) is 3.97. The van der Waals surface area contributed by atoms with Gasteiger partial charge in [0, 0.05) is 32.7 Å². The van der Waals surface area contributed by atoms with E-state index in [1.165, 1.54) is 69.8 Å². The van der Waals surface area contributed by atoms with Crippen LogP contribution in [-0.2, 0) is 13.1 Å². The molecule has 1 N–H and O–H groups in total. The molecule has 0 spiro atoms. The van der Waals surface area contributed by atoms with Gasteiger partial charge in [-0.25, -0.2) is 4.79 Å². The lowest BCUT2D eigenvalue weighted by Gasteiger charge is -2.29. The van der Waals surface area contributed by atoms with Gasteiger partial charge in [-0.2, -0.15) is 0 Å². The number of nitrogens with zero attached hydrogens (tertiary/aromatic N) is 3. The van der Waals surface area contributed by atoms with Crippen LogP contribution in [0.15, 0.2) is 17.5 Å². The smallest absolute Gasteiger partial charge is 0.345 e. The topological polar surface area (TPSA) is 48.7 Å². The van der Waals surface area contributed by atoms with Crippen molar-refractivity contribution in [3.8, 4) is 10.6 Å². The van der Waals surface area contributed by atoms with E-state index in [1.807, 2.05) is 17.4 Å². The Hall–Kier alpha value is -1.67. The van der Waals surface area contributed by atoms with Gasteiger partial charge in [-0.1, -0.05) is 19.3 Å². The number of hydrogen-bond acceptors (Lipinski definition) is 5. The highest BCUT2D eigenvalue weighted by atomic mass is 32.1. The molecule has 2 aliphatic rings. The number of carboxylic acid groups (broad SMARTS) is 1. The van der Waals surface area contributed by atoms with Crippen LogP contribution in [0.25, 0.3) is 20.8 Å². The molecule has 166 valence electrons. The second-order valence-electron chi connectivity index (χ2n) is 9.23. The number of likely N-dealkylation sites (N-methyl/N-ethyl adjacent to an activating group) is 1. The maximum Gasteiger partial charge on any atom is 0.345 e. The lowest BCUT2D eigenvalue weighted by molar-refractivity contribution is 0.0702. The summed E-state index contributed by atoms with van der Waals surface area (Å²) < 4.78 is 3.68. The molecule has 0 saturated heterocycles. The van der Waals surface area contributed by atoms with E-state index in [-0.39, 0.29) is 0 Å². The third-order valence-electron chi connectivity index (χ3n) is 6.86. The van der Waals surface area contributed by atoms with Crippen molar-refractivity contribution >= 4 is 38.9 Å². The van der Waals surface area contributed by atoms with Gasteiger partial charge in [-0.3, -0.25) is 4.90 Å². The summed E-state index contributed by atoms with van der Waals surface area (Å²) in [4.78, 5) is 18.5. The van der Waals surface area contributed by atoms with Crippen LogP contribution in [0.1, 0.15) is 58.8 Å². The molecule has 31 heavy (non-hydrogen) atoms. The maximum atomic E-state index is 11.8. The fraction of sp³-hybridized carbons (Fsp3) is 0.542. The van der Waals surface area contributed by atoms with Crippen molar-refractivity contribution in [1.82, 2.24) is 14.4 Å².